The number of rotatable bonds is 6. The third-order valence-electron chi connectivity index (χ3n) is 6.59. The number of hydrogen-bond acceptors (Lipinski definition) is 4. The molecule has 0 radical (unpaired) electrons. The third kappa shape index (κ3) is 6.31. The molecular formula is C23H33ClN6O3S. The van der Waals surface area contributed by atoms with Crippen LogP contribution in [0.1, 0.15) is 38.5 Å². The molecule has 5 N–H and O–H groups in total. The Labute approximate surface area is 207 Å². The molecule has 0 aromatic heterocycles. The summed E-state index contributed by atoms with van der Waals surface area (Å²) in [7, 11) is -3.95. The number of benzene rings is 2. The normalized spacial score (nSPS) is 17.4. The summed E-state index contributed by atoms with van der Waals surface area (Å²) < 4.78 is 26.5. The highest BCUT2D eigenvalue weighted by atomic mass is 35.5. The van der Waals surface area contributed by atoms with Crippen LogP contribution in [0, 0.1) is 11.3 Å². The van der Waals surface area contributed by atoms with E-state index in [1.54, 1.807) is 23.1 Å². The number of carbonyl (C=O) groups is 1. The van der Waals surface area contributed by atoms with Crippen molar-refractivity contribution in [1.29, 1.82) is 5.41 Å². The molecule has 2 aromatic rings. The number of likely N-dealkylation sites (tertiary alicyclic amines) is 1. The van der Waals surface area contributed by atoms with Gasteiger partial charge in [-0.15, -0.1) is 17.2 Å². The average Bonchev–Trinajstić information content (AvgIpc) is 3.31. The second-order valence-corrected chi connectivity index (χ2v) is 10.6. The average molecular weight is 509 g/mol. The molecule has 186 valence electrons. The van der Waals surface area contributed by atoms with Gasteiger partial charge in [0, 0.05) is 25.7 Å². The van der Waals surface area contributed by atoms with Crippen LogP contribution in [0.4, 0.5) is 4.79 Å². The van der Waals surface area contributed by atoms with Crippen molar-refractivity contribution in [2.75, 3.05) is 19.6 Å². The lowest BCUT2D eigenvalue weighted by Crippen LogP contribution is -2.55. The minimum Gasteiger partial charge on any atom is -0.370 e. The number of nitrogens with zero attached hydrogens (tertiary/aromatic N) is 2. The molecule has 2 fully saturated rings. The van der Waals surface area contributed by atoms with Crippen LogP contribution in [0.3, 0.4) is 0 Å². The van der Waals surface area contributed by atoms with Crippen molar-refractivity contribution < 1.29 is 13.2 Å². The van der Waals surface area contributed by atoms with Crippen molar-refractivity contribution in [3.05, 3.63) is 42.5 Å². The summed E-state index contributed by atoms with van der Waals surface area (Å²) in [4.78, 5) is 17.5. The number of nitrogens with two attached hydrogens (primary N) is 1. The number of hydrogen-bond donors (Lipinski definition) is 4. The quantitative estimate of drug-likeness (QED) is 0.270. The number of guanidine groups is 1. The Morgan fingerprint density at radius 3 is 2.35 bits per heavy atom. The van der Waals surface area contributed by atoms with E-state index in [0.29, 0.717) is 13.1 Å². The molecule has 34 heavy (non-hydrogen) atoms. The predicted octanol–water partition coefficient (Wildman–Crippen LogP) is 3.01. The molecule has 0 atom stereocenters. The van der Waals surface area contributed by atoms with Crippen molar-refractivity contribution in [3.63, 3.8) is 0 Å². The summed E-state index contributed by atoms with van der Waals surface area (Å²) in [5.74, 6) is 0.149. The van der Waals surface area contributed by atoms with Crippen LogP contribution in [-0.4, -0.2) is 56.0 Å². The number of carbonyl (C=O) groups excluding carboxylic acids is 1. The van der Waals surface area contributed by atoms with Gasteiger partial charge in [0.05, 0.1) is 4.90 Å². The molecule has 0 spiro atoms. The van der Waals surface area contributed by atoms with Gasteiger partial charge in [-0.05, 0) is 54.5 Å². The molecule has 1 saturated carbocycles. The molecule has 1 aliphatic heterocycles. The van der Waals surface area contributed by atoms with Crippen LogP contribution >= 0.6 is 12.4 Å². The molecule has 1 saturated heterocycles. The summed E-state index contributed by atoms with van der Waals surface area (Å²) in [6.45, 7) is 1.50. The molecule has 2 aliphatic rings. The van der Waals surface area contributed by atoms with Crippen LogP contribution in [0.15, 0.2) is 47.4 Å². The Morgan fingerprint density at radius 1 is 1.06 bits per heavy atom. The predicted molar refractivity (Wildman–Crippen MR) is 135 cm³/mol. The summed E-state index contributed by atoms with van der Waals surface area (Å²) in [5, 5.41) is 13.6. The zero-order chi connectivity index (χ0) is 23.4. The highest BCUT2D eigenvalue weighted by Gasteiger charge is 2.29. The van der Waals surface area contributed by atoms with Gasteiger partial charge < -0.3 is 16.0 Å². The number of hydrazine groups is 1. The van der Waals surface area contributed by atoms with Crippen LogP contribution in [0.25, 0.3) is 10.8 Å². The number of fused-ring (bicyclic) bond motifs is 1. The lowest BCUT2D eigenvalue weighted by molar-refractivity contribution is 0.155. The number of nitrogens with one attached hydrogen (secondary N) is 3. The fraction of sp³-hybridized carbons (Fsp3) is 0.478. The van der Waals surface area contributed by atoms with Gasteiger partial charge in [-0.3, -0.25) is 5.41 Å². The smallest absolute Gasteiger partial charge is 0.332 e. The summed E-state index contributed by atoms with van der Waals surface area (Å²) >= 11 is 0. The second kappa shape index (κ2) is 11.2. The monoisotopic (exact) mass is 508 g/mol. The van der Waals surface area contributed by atoms with Crippen molar-refractivity contribution in [2.45, 2.75) is 49.5 Å². The van der Waals surface area contributed by atoms with Gasteiger partial charge in [-0.2, -0.15) is 0 Å². The second-order valence-electron chi connectivity index (χ2n) is 8.96. The van der Waals surface area contributed by atoms with Gasteiger partial charge in [0.15, 0.2) is 5.96 Å². The van der Waals surface area contributed by atoms with E-state index in [-0.39, 0.29) is 41.8 Å². The first-order chi connectivity index (χ1) is 15.8. The Kier molecular flexibility index (Phi) is 8.62. The van der Waals surface area contributed by atoms with Gasteiger partial charge >= 0.3 is 6.03 Å². The van der Waals surface area contributed by atoms with Crippen molar-refractivity contribution in [1.82, 2.24) is 20.1 Å². The fourth-order valence-electron chi connectivity index (χ4n) is 4.63. The van der Waals surface area contributed by atoms with E-state index in [4.69, 9.17) is 11.1 Å². The SMILES string of the molecule is Cl.N=C(N)N1CCC(CN(NS(=O)(=O)c2ccc3ccccc3c2)C(=O)NC2CCCC2)CC1. The largest absolute Gasteiger partial charge is 0.370 e. The lowest BCUT2D eigenvalue weighted by Gasteiger charge is -2.35. The number of sulfonamides is 1. The first-order valence-corrected chi connectivity index (χ1v) is 13.0. The van der Waals surface area contributed by atoms with Gasteiger partial charge in [0.1, 0.15) is 0 Å². The van der Waals surface area contributed by atoms with E-state index in [1.165, 1.54) is 5.01 Å². The maximum atomic E-state index is 13.2. The molecule has 2 aromatic carbocycles. The molecule has 1 aliphatic carbocycles. The number of piperidine rings is 1. The van der Waals surface area contributed by atoms with Crippen molar-refractivity contribution >= 4 is 45.2 Å². The van der Waals surface area contributed by atoms with E-state index in [9.17, 15) is 13.2 Å². The minimum atomic E-state index is -3.95. The first-order valence-electron chi connectivity index (χ1n) is 11.5. The number of halogens is 1. The number of amides is 2. The Bertz CT molecular complexity index is 1110. The molecule has 9 nitrogen and oxygen atoms in total. The minimum absolute atomic E-state index is 0. The van der Waals surface area contributed by atoms with E-state index in [0.717, 1.165) is 49.3 Å². The highest BCUT2D eigenvalue weighted by Crippen LogP contribution is 2.22. The zero-order valence-corrected chi connectivity index (χ0v) is 20.7. The highest BCUT2D eigenvalue weighted by molar-refractivity contribution is 7.89. The lowest BCUT2D eigenvalue weighted by atomic mass is 9.97. The maximum absolute atomic E-state index is 13.2. The molecule has 1 heterocycles. The van der Waals surface area contributed by atoms with Gasteiger partial charge in [-0.1, -0.05) is 43.2 Å². The summed E-state index contributed by atoms with van der Waals surface area (Å²) in [6, 6.07) is 12.2. The van der Waals surface area contributed by atoms with Crippen molar-refractivity contribution in [2.24, 2.45) is 11.7 Å². The van der Waals surface area contributed by atoms with E-state index in [2.05, 4.69) is 10.1 Å². The van der Waals surface area contributed by atoms with Gasteiger partial charge in [0.25, 0.3) is 10.0 Å². The number of urea groups is 1. The van der Waals surface area contributed by atoms with Crippen LogP contribution < -0.4 is 15.9 Å². The molecule has 0 bridgehead atoms. The molecule has 2 amide bonds. The Morgan fingerprint density at radius 2 is 1.71 bits per heavy atom. The fourth-order valence-corrected chi connectivity index (χ4v) is 5.71. The Hall–Kier alpha value is -2.56. The van der Waals surface area contributed by atoms with E-state index < -0.39 is 16.1 Å². The van der Waals surface area contributed by atoms with Crippen LogP contribution in [0.2, 0.25) is 0 Å². The van der Waals surface area contributed by atoms with Gasteiger partial charge in [-0.25, -0.2) is 18.2 Å². The van der Waals surface area contributed by atoms with Crippen molar-refractivity contribution in [3.8, 4) is 0 Å². The van der Waals surface area contributed by atoms with Crippen LogP contribution in [0.5, 0.6) is 0 Å². The molecule has 4 rings (SSSR count). The third-order valence-corrected chi connectivity index (χ3v) is 7.92. The Balaban J connectivity index is 0.00000324. The zero-order valence-electron chi connectivity index (χ0n) is 19.1. The maximum Gasteiger partial charge on any atom is 0.332 e. The summed E-state index contributed by atoms with van der Waals surface area (Å²) in [5.41, 5.74) is 5.58. The first kappa shape index (κ1) is 26.1. The molecular weight excluding hydrogens is 476 g/mol. The summed E-state index contributed by atoms with van der Waals surface area (Å²) in [6.07, 6.45) is 5.41. The topological polar surface area (TPSA) is 132 Å². The standard InChI is InChI=1S/C23H32N6O3S.ClH/c24-22(25)28-13-11-17(12-14-28)16-29(23(30)26-20-7-3-4-8-20)27-33(31,32)21-10-9-18-5-1-2-6-19(18)15-21;/h1-2,5-6,9-10,15,17,20,27H,3-4,7-8,11-14,16H2,(H3,24,25)(H,26,30);1H. The van der Waals surface area contributed by atoms with Crippen LogP contribution in [-0.2, 0) is 10.0 Å². The van der Waals surface area contributed by atoms with E-state index in [1.807, 2.05) is 24.3 Å². The molecule has 0 unspecified atom stereocenters. The molecule has 11 heteroatoms. The van der Waals surface area contributed by atoms with Gasteiger partial charge in [0.2, 0.25) is 0 Å². The van der Waals surface area contributed by atoms with E-state index >= 15 is 0 Å².